The molecule has 0 spiro atoms. The van der Waals surface area contributed by atoms with E-state index in [2.05, 4.69) is 15.5 Å². The minimum atomic E-state index is 0.0424. The highest BCUT2D eigenvalue weighted by molar-refractivity contribution is 5.76. The van der Waals surface area contributed by atoms with Gasteiger partial charge >= 0.3 is 0 Å². The second-order valence-electron chi connectivity index (χ2n) is 6.14. The standard InChI is InChI=1S/C18H23N3O3/c1-13(15-9-6-12-23-15)19-16(22)10-5-11-17-20-18(21-24-17)14-7-3-2-4-8-14/h2-4,7-8,13,15H,5-6,9-12H2,1H3,(H,19,22). The Labute approximate surface area is 141 Å². The van der Waals surface area contributed by atoms with E-state index in [0.29, 0.717) is 31.0 Å². The predicted octanol–water partition coefficient (Wildman–Crippen LogP) is 2.74. The highest BCUT2D eigenvalue weighted by atomic mass is 16.5. The van der Waals surface area contributed by atoms with Gasteiger partial charge in [-0.3, -0.25) is 4.79 Å². The molecule has 0 radical (unpaired) electrons. The molecular weight excluding hydrogens is 306 g/mol. The predicted molar refractivity (Wildman–Crippen MR) is 89.3 cm³/mol. The van der Waals surface area contributed by atoms with E-state index in [9.17, 15) is 4.79 Å². The molecule has 24 heavy (non-hydrogen) atoms. The summed E-state index contributed by atoms with van der Waals surface area (Å²) in [5.74, 6) is 1.19. The van der Waals surface area contributed by atoms with Gasteiger partial charge in [-0.05, 0) is 26.2 Å². The van der Waals surface area contributed by atoms with Gasteiger partial charge in [-0.25, -0.2) is 0 Å². The summed E-state index contributed by atoms with van der Waals surface area (Å²) in [6, 6.07) is 9.76. The molecule has 0 saturated carbocycles. The number of aromatic nitrogens is 2. The van der Waals surface area contributed by atoms with Crippen LogP contribution in [0.15, 0.2) is 34.9 Å². The van der Waals surface area contributed by atoms with Gasteiger partial charge in [-0.1, -0.05) is 35.5 Å². The Bertz CT molecular complexity index is 651. The third-order valence-corrected chi connectivity index (χ3v) is 4.21. The number of carbonyl (C=O) groups excluding carboxylic acids is 1. The van der Waals surface area contributed by atoms with Crippen molar-refractivity contribution >= 4 is 5.91 Å². The Morgan fingerprint density at radius 3 is 2.96 bits per heavy atom. The number of rotatable bonds is 7. The Kier molecular flexibility index (Phi) is 5.59. The van der Waals surface area contributed by atoms with Gasteiger partial charge in [-0.15, -0.1) is 0 Å². The molecule has 1 aromatic carbocycles. The lowest BCUT2D eigenvalue weighted by atomic mass is 10.1. The number of carbonyl (C=O) groups is 1. The third-order valence-electron chi connectivity index (χ3n) is 4.21. The molecule has 2 heterocycles. The van der Waals surface area contributed by atoms with E-state index < -0.39 is 0 Å². The molecule has 0 aliphatic carbocycles. The molecule has 1 aliphatic rings. The van der Waals surface area contributed by atoms with Crippen molar-refractivity contribution in [1.82, 2.24) is 15.5 Å². The molecule has 0 bridgehead atoms. The van der Waals surface area contributed by atoms with Crippen LogP contribution in [-0.2, 0) is 16.0 Å². The van der Waals surface area contributed by atoms with Crippen molar-refractivity contribution in [1.29, 1.82) is 0 Å². The van der Waals surface area contributed by atoms with Crippen LogP contribution >= 0.6 is 0 Å². The van der Waals surface area contributed by atoms with Crippen molar-refractivity contribution in [3.63, 3.8) is 0 Å². The normalized spacial score (nSPS) is 18.5. The number of nitrogens with one attached hydrogen (secondary N) is 1. The first-order valence-corrected chi connectivity index (χ1v) is 8.51. The second kappa shape index (κ2) is 8.06. The molecule has 1 aromatic heterocycles. The van der Waals surface area contributed by atoms with Gasteiger partial charge in [0.2, 0.25) is 17.6 Å². The molecule has 1 N–H and O–H groups in total. The minimum Gasteiger partial charge on any atom is -0.376 e. The summed E-state index contributed by atoms with van der Waals surface area (Å²) in [5.41, 5.74) is 0.927. The van der Waals surface area contributed by atoms with Crippen molar-refractivity contribution in [3.05, 3.63) is 36.2 Å². The fourth-order valence-corrected chi connectivity index (χ4v) is 2.88. The maximum atomic E-state index is 12.0. The molecular formula is C18H23N3O3. The average molecular weight is 329 g/mol. The average Bonchev–Trinajstić information content (AvgIpc) is 3.27. The second-order valence-corrected chi connectivity index (χ2v) is 6.14. The highest BCUT2D eigenvalue weighted by Gasteiger charge is 2.23. The number of hydrogen-bond donors (Lipinski definition) is 1. The van der Waals surface area contributed by atoms with Crippen molar-refractivity contribution in [3.8, 4) is 11.4 Å². The lowest BCUT2D eigenvalue weighted by molar-refractivity contribution is -0.122. The topological polar surface area (TPSA) is 77.3 Å². The summed E-state index contributed by atoms with van der Waals surface area (Å²) in [4.78, 5) is 16.4. The van der Waals surface area contributed by atoms with Crippen LogP contribution in [0.5, 0.6) is 0 Å². The Morgan fingerprint density at radius 2 is 2.21 bits per heavy atom. The molecule has 1 fully saturated rings. The number of hydrogen-bond acceptors (Lipinski definition) is 5. The molecule has 2 atom stereocenters. The van der Waals surface area contributed by atoms with Crippen LogP contribution in [0, 0.1) is 0 Å². The van der Waals surface area contributed by atoms with Crippen LogP contribution in [0.2, 0.25) is 0 Å². The Hall–Kier alpha value is -2.21. The molecule has 6 heteroatoms. The van der Waals surface area contributed by atoms with Crippen LogP contribution in [0.4, 0.5) is 0 Å². The number of benzene rings is 1. The zero-order valence-corrected chi connectivity index (χ0v) is 13.9. The van der Waals surface area contributed by atoms with E-state index in [1.54, 1.807) is 0 Å². The van der Waals surface area contributed by atoms with Gasteiger partial charge < -0.3 is 14.6 Å². The van der Waals surface area contributed by atoms with E-state index >= 15 is 0 Å². The molecule has 2 unspecified atom stereocenters. The quantitative estimate of drug-likeness (QED) is 0.845. The fourth-order valence-electron chi connectivity index (χ4n) is 2.88. The van der Waals surface area contributed by atoms with Crippen molar-refractivity contribution < 1.29 is 14.1 Å². The molecule has 1 saturated heterocycles. The maximum absolute atomic E-state index is 12.0. The maximum Gasteiger partial charge on any atom is 0.226 e. The smallest absolute Gasteiger partial charge is 0.226 e. The first-order chi connectivity index (χ1) is 11.7. The molecule has 1 amide bonds. The zero-order valence-electron chi connectivity index (χ0n) is 13.9. The van der Waals surface area contributed by atoms with Crippen molar-refractivity contribution in [2.24, 2.45) is 0 Å². The fraction of sp³-hybridized carbons (Fsp3) is 0.500. The Balaban J connectivity index is 1.41. The Morgan fingerprint density at radius 1 is 1.38 bits per heavy atom. The monoisotopic (exact) mass is 329 g/mol. The summed E-state index contributed by atoms with van der Waals surface area (Å²) >= 11 is 0. The number of ether oxygens (including phenoxy) is 1. The molecule has 128 valence electrons. The van der Waals surface area contributed by atoms with E-state index in [4.69, 9.17) is 9.26 Å². The van der Waals surface area contributed by atoms with E-state index in [-0.39, 0.29) is 18.1 Å². The van der Waals surface area contributed by atoms with Gasteiger partial charge in [0.25, 0.3) is 0 Å². The van der Waals surface area contributed by atoms with Crippen LogP contribution < -0.4 is 5.32 Å². The molecule has 6 nitrogen and oxygen atoms in total. The number of aryl methyl sites for hydroxylation is 1. The largest absolute Gasteiger partial charge is 0.376 e. The van der Waals surface area contributed by atoms with Crippen molar-refractivity contribution in [2.45, 2.75) is 51.2 Å². The number of amides is 1. The SMILES string of the molecule is CC(NC(=O)CCCc1nc(-c2ccccc2)no1)C1CCCO1. The van der Waals surface area contributed by atoms with Crippen LogP contribution in [0.25, 0.3) is 11.4 Å². The third kappa shape index (κ3) is 4.41. The zero-order chi connectivity index (χ0) is 16.8. The van der Waals surface area contributed by atoms with Gasteiger partial charge in [0, 0.05) is 25.0 Å². The number of nitrogens with zero attached hydrogens (tertiary/aromatic N) is 2. The van der Waals surface area contributed by atoms with Gasteiger partial charge in [0.05, 0.1) is 12.1 Å². The van der Waals surface area contributed by atoms with Crippen LogP contribution in [0.1, 0.15) is 38.5 Å². The summed E-state index contributed by atoms with van der Waals surface area (Å²) in [5, 5.41) is 6.99. The summed E-state index contributed by atoms with van der Waals surface area (Å²) in [7, 11) is 0. The molecule has 2 aromatic rings. The van der Waals surface area contributed by atoms with Gasteiger partial charge in [0.1, 0.15) is 0 Å². The first-order valence-electron chi connectivity index (χ1n) is 8.51. The summed E-state index contributed by atoms with van der Waals surface area (Å²) in [6.07, 6.45) is 3.97. The van der Waals surface area contributed by atoms with E-state index in [1.165, 1.54) is 0 Å². The highest BCUT2D eigenvalue weighted by Crippen LogP contribution is 2.17. The first kappa shape index (κ1) is 16.6. The van der Waals surface area contributed by atoms with Crippen LogP contribution in [0.3, 0.4) is 0 Å². The van der Waals surface area contributed by atoms with Gasteiger partial charge in [-0.2, -0.15) is 4.98 Å². The van der Waals surface area contributed by atoms with Crippen molar-refractivity contribution in [2.75, 3.05) is 6.61 Å². The molecule has 1 aliphatic heterocycles. The molecule has 3 rings (SSSR count). The summed E-state index contributed by atoms with van der Waals surface area (Å²) < 4.78 is 10.8. The van der Waals surface area contributed by atoms with Crippen LogP contribution in [-0.4, -0.2) is 34.8 Å². The lowest BCUT2D eigenvalue weighted by Crippen LogP contribution is -2.40. The summed E-state index contributed by atoms with van der Waals surface area (Å²) in [6.45, 7) is 2.80. The van der Waals surface area contributed by atoms with Gasteiger partial charge in [0.15, 0.2) is 0 Å². The minimum absolute atomic E-state index is 0.0424. The van der Waals surface area contributed by atoms with E-state index in [0.717, 1.165) is 25.0 Å². The lowest BCUT2D eigenvalue weighted by Gasteiger charge is -2.19. The van der Waals surface area contributed by atoms with E-state index in [1.807, 2.05) is 37.3 Å².